The lowest BCUT2D eigenvalue weighted by Crippen LogP contribution is -2.25. The molecule has 0 heterocycles. The molecule has 0 atom stereocenters. The van der Waals surface area contributed by atoms with Gasteiger partial charge in [0, 0.05) is 0 Å². The summed E-state index contributed by atoms with van der Waals surface area (Å²) in [4.78, 5) is 10.9. The Hall–Kier alpha value is -0.0800. The molecule has 0 unspecified atom stereocenters. The normalized spacial score (nSPS) is 19.9. The van der Waals surface area contributed by atoms with Crippen molar-refractivity contribution in [3.8, 4) is 0 Å². The summed E-state index contributed by atoms with van der Waals surface area (Å²) in [5.74, 6) is 0. The predicted molar refractivity (Wildman–Crippen MR) is 57.5 cm³/mol. The van der Waals surface area contributed by atoms with Crippen LogP contribution in [0, 0.1) is 6.10 Å². The van der Waals surface area contributed by atoms with Gasteiger partial charge in [0.15, 0.2) is 0 Å². The van der Waals surface area contributed by atoms with E-state index in [1.807, 2.05) is 0 Å². The summed E-state index contributed by atoms with van der Waals surface area (Å²) in [5, 5.41) is 0. The summed E-state index contributed by atoms with van der Waals surface area (Å²) in [6, 6.07) is 0. The molecule has 0 aliphatic heterocycles. The molecule has 2 heteroatoms. The summed E-state index contributed by atoms with van der Waals surface area (Å²) in [6.07, 6.45) is 9.34. The Morgan fingerprint density at radius 3 is 2.36 bits per heavy atom. The largest absolute Gasteiger partial charge is 0.230 e. The highest BCUT2D eigenvalue weighted by Gasteiger charge is 2.23. The second-order valence-electron chi connectivity index (χ2n) is 4.78. The van der Waals surface area contributed by atoms with Crippen molar-refractivity contribution in [3.63, 3.8) is 0 Å². The lowest BCUT2D eigenvalue weighted by Gasteiger charge is -2.27. The van der Waals surface area contributed by atoms with Gasteiger partial charge in [-0.15, -0.1) is 0 Å². The molecule has 0 spiro atoms. The summed E-state index contributed by atoms with van der Waals surface area (Å²) < 4.78 is 0. The van der Waals surface area contributed by atoms with E-state index in [1.54, 1.807) is 0 Å². The monoisotopic (exact) mass is 199 g/mol. The third-order valence-corrected chi connectivity index (χ3v) is 2.65. The molecular formula is C12H23O2. The van der Waals surface area contributed by atoms with Crippen LogP contribution in [0.5, 0.6) is 0 Å². The molecule has 0 aromatic heterocycles. The van der Waals surface area contributed by atoms with Gasteiger partial charge >= 0.3 is 0 Å². The Morgan fingerprint density at radius 2 is 1.79 bits per heavy atom. The Balaban J connectivity index is 2.17. The Labute approximate surface area is 87.9 Å². The first-order chi connectivity index (χ1) is 6.64. The van der Waals surface area contributed by atoms with Crippen LogP contribution in [0.15, 0.2) is 0 Å². The van der Waals surface area contributed by atoms with Crippen molar-refractivity contribution in [2.75, 3.05) is 0 Å². The number of rotatable bonds is 5. The third kappa shape index (κ3) is 4.43. The average Bonchev–Trinajstić information content (AvgIpc) is 2.17. The van der Waals surface area contributed by atoms with Crippen LogP contribution in [0.1, 0.15) is 65.7 Å². The van der Waals surface area contributed by atoms with E-state index in [0.717, 1.165) is 31.8 Å². The first-order valence-corrected chi connectivity index (χ1v) is 5.84. The van der Waals surface area contributed by atoms with Crippen LogP contribution < -0.4 is 0 Å². The molecule has 1 aliphatic carbocycles. The topological polar surface area (TPSA) is 18.5 Å². The highest BCUT2D eigenvalue weighted by Crippen LogP contribution is 2.29. The molecule has 0 aromatic rings. The minimum atomic E-state index is -0.140. The van der Waals surface area contributed by atoms with E-state index >= 15 is 0 Å². The molecule has 0 aromatic carbocycles. The van der Waals surface area contributed by atoms with Gasteiger partial charge in [-0.2, -0.15) is 0 Å². The minimum Gasteiger partial charge on any atom is -0.230 e. The molecular weight excluding hydrogens is 176 g/mol. The van der Waals surface area contributed by atoms with Gasteiger partial charge in [-0.3, -0.25) is 0 Å². The van der Waals surface area contributed by atoms with Crippen LogP contribution in [0.3, 0.4) is 0 Å². The maximum Gasteiger partial charge on any atom is 0.135 e. The van der Waals surface area contributed by atoms with Crippen LogP contribution >= 0.6 is 0 Å². The summed E-state index contributed by atoms with van der Waals surface area (Å²) in [6.45, 7) is 6.33. The molecule has 0 amide bonds. The first-order valence-electron chi connectivity index (χ1n) is 5.84. The molecule has 1 radical (unpaired) electrons. The van der Waals surface area contributed by atoms with Gasteiger partial charge in [0.1, 0.15) is 6.10 Å². The molecule has 0 saturated heterocycles. The zero-order valence-electron chi connectivity index (χ0n) is 9.77. The van der Waals surface area contributed by atoms with Gasteiger partial charge in [-0.25, -0.2) is 9.78 Å². The molecule has 0 N–H and O–H groups in total. The van der Waals surface area contributed by atoms with Crippen molar-refractivity contribution < 1.29 is 9.78 Å². The van der Waals surface area contributed by atoms with E-state index in [9.17, 15) is 0 Å². The SMILES string of the molecule is CCCC(C)(C)OO[C]1CCCCC1. The highest BCUT2D eigenvalue weighted by molar-refractivity contribution is 4.81. The number of hydrogen-bond acceptors (Lipinski definition) is 2. The van der Waals surface area contributed by atoms with Crippen molar-refractivity contribution in [1.29, 1.82) is 0 Å². The Bertz CT molecular complexity index is 148. The van der Waals surface area contributed by atoms with Crippen LogP contribution in [-0.4, -0.2) is 5.60 Å². The zero-order chi connectivity index (χ0) is 10.4. The fraction of sp³-hybridized carbons (Fsp3) is 0.917. The third-order valence-electron chi connectivity index (χ3n) is 2.65. The van der Waals surface area contributed by atoms with E-state index in [-0.39, 0.29) is 5.60 Å². The first kappa shape index (κ1) is 12.0. The van der Waals surface area contributed by atoms with Gasteiger partial charge < -0.3 is 0 Å². The molecule has 1 rings (SSSR count). The van der Waals surface area contributed by atoms with Gasteiger partial charge in [0.05, 0.1) is 5.60 Å². The lowest BCUT2D eigenvalue weighted by molar-refractivity contribution is -0.351. The minimum absolute atomic E-state index is 0.140. The Kier molecular flexibility index (Phi) is 4.90. The predicted octanol–water partition coefficient (Wildman–Crippen LogP) is 4.01. The standard InChI is InChI=1S/C12H23O2/c1-4-10-12(2,3)14-13-11-8-6-5-7-9-11/h4-10H2,1-3H3. The van der Waals surface area contributed by atoms with Crippen molar-refractivity contribution in [2.24, 2.45) is 0 Å². The second-order valence-corrected chi connectivity index (χ2v) is 4.78. The molecule has 1 aliphatic rings. The summed E-state index contributed by atoms with van der Waals surface area (Å²) in [7, 11) is 0. The molecule has 1 fully saturated rings. The maximum absolute atomic E-state index is 5.47. The van der Waals surface area contributed by atoms with Gasteiger partial charge in [0.25, 0.3) is 0 Å². The van der Waals surface area contributed by atoms with E-state index in [1.165, 1.54) is 19.3 Å². The van der Waals surface area contributed by atoms with Crippen molar-refractivity contribution in [3.05, 3.63) is 6.10 Å². The highest BCUT2D eigenvalue weighted by atomic mass is 17.2. The molecule has 14 heavy (non-hydrogen) atoms. The lowest BCUT2D eigenvalue weighted by atomic mass is 9.98. The van der Waals surface area contributed by atoms with Crippen LogP contribution in [0.25, 0.3) is 0 Å². The zero-order valence-corrected chi connectivity index (χ0v) is 9.77. The number of hydrogen-bond donors (Lipinski definition) is 0. The van der Waals surface area contributed by atoms with E-state index in [0.29, 0.717) is 0 Å². The quantitative estimate of drug-likeness (QED) is 0.492. The summed E-state index contributed by atoms with van der Waals surface area (Å²) in [5.41, 5.74) is -0.140. The second kappa shape index (κ2) is 5.72. The molecule has 2 nitrogen and oxygen atoms in total. The maximum atomic E-state index is 5.47. The molecule has 83 valence electrons. The Morgan fingerprint density at radius 1 is 1.14 bits per heavy atom. The van der Waals surface area contributed by atoms with Gasteiger partial charge in [0.2, 0.25) is 0 Å². The van der Waals surface area contributed by atoms with Gasteiger partial charge in [-0.1, -0.05) is 32.6 Å². The van der Waals surface area contributed by atoms with E-state index in [2.05, 4.69) is 20.8 Å². The van der Waals surface area contributed by atoms with Crippen LogP contribution in [0.4, 0.5) is 0 Å². The summed E-state index contributed by atoms with van der Waals surface area (Å²) >= 11 is 0. The molecule has 1 saturated carbocycles. The average molecular weight is 199 g/mol. The smallest absolute Gasteiger partial charge is 0.135 e. The van der Waals surface area contributed by atoms with Crippen LogP contribution in [-0.2, 0) is 9.78 Å². The van der Waals surface area contributed by atoms with Crippen molar-refractivity contribution in [2.45, 2.75) is 71.3 Å². The molecule has 0 bridgehead atoms. The fourth-order valence-corrected chi connectivity index (χ4v) is 1.84. The van der Waals surface area contributed by atoms with Crippen molar-refractivity contribution >= 4 is 0 Å². The van der Waals surface area contributed by atoms with Gasteiger partial charge in [-0.05, 0) is 33.1 Å². The van der Waals surface area contributed by atoms with Crippen molar-refractivity contribution in [1.82, 2.24) is 0 Å². The van der Waals surface area contributed by atoms with Crippen LogP contribution in [0.2, 0.25) is 0 Å². The van der Waals surface area contributed by atoms with E-state index in [4.69, 9.17) is 9.78 Å². The van der Waals surface area contributed by atoms with E-state index < -0.39 is 0 Å². The fourth-order valence-electron chi connectivity index (χ4n) is 1.84.